The highest BCUT2D eigenvalue weighted by molar-refractivity contribution is 5.87. The molecule has 2 aromatic carbocycles. The molecule has 5 rings (SSSR count). The molecule has 36 heavy (non-hydrogen) atoms. The van der Waals surface area contributed by atoms with Gasteiger partial charge < -0.3 is 10.2 Å². The number of anilines is 1. The van der Waals surface area contributed by atoms with Gasteiger partial charge in [-0.3, -0.25) is 4.79 Å². The van der Waals surface area contributed by atoms with Crippen LogP contribution in [0.15, 0.2) is 61.1 Å². The number of aromatic nitrogens is 4. The number of carbonyl (C=O) groups excluding carboxylic acids is 1. The van der Waals surface area contributed by atoms with Crippen LogP contribution in [-0.2, 0) is 17.5 Å². The van der Waals surface area contributed by atoms with Crippen molar-refractivity contribution in [2.45, 2.75) is 25.6 Å². The number of rotatable bonds is 5. The quantitative estimate of drug-likeness (QED) is 0.410. The fourth-order valence-corrected chi connectivity index (χ4v) is 4.38. The standard InChI is InChI=1S/C25H22F4N6O/c26-19-6-8-20(9-7-19)35-14-21-22(33-35)31-15-32-23(21)34-10-2-4-17(13-34)24(36)30-12-16-3-1-5-18(11-16)25(27,28)29/h1,3,5-9,11,14-15,17H,2,4,10,12-13H2,(H,30,36)/t17-/m1/s1. The van der Waals surface area contributed by atoms with E-state index in [2.05, 4.69) is 20.4 Å². The third-order valence-corrected chi connectivity index (χ3v) is 6.20. The summed E-state index contributed by atoms with van der Waals surface area (Å²) in [6.07, 6.45) is 0.163. The van der Waals surface area contributed by atoms with Gasteiger partial charge in [0, 0.05) is 25.8 Å². The molecule has 3 heterocycles. The van der Waals surface area contributed by atoms with E-state index < -0.39 is 11.7 Å². The van der Waals surface area contributed by atoms with Gasteiger partial charge in [0.15, 0.2) is 5.65 Å². The molecule has 0 radical (unpaired) electrons. The molecule has 1 aliphatic rings. The molecule has 1 N–H and O–H groups in total. The van der Waals surface area contributed by atoms with Gasteiger partial charge in [-0.1, -0.05) is 12.1 Å². The van der Waals surface area contributed by atoms with Crippen molar-refractivity contribution in [3.63, 3.8) is 0 Å². The monoisotopic (exact) mass is 498 g/mol. The maximum Gasteiger partial charge on any atom is 0.416 e. The molecule has 1 fully saturated rings. The van der Waals surface area contributed by atoms with Crippen molar-refractivity contribution in [3.8, 4) is 5.69 Å². The molecule has 7 nitrogen and oxygen atoms in total. The van der Waals surface area contributed by atoms with E-state index in [-0.39, 0.29) is 24.2 Å². The normalized spacial score (nSPS) is 16.3. The lowest BCUT2D eigenvalue weighted by Gasteiger charge is -2.33. The van der Waals surface area contributed by atoms with Crippen LogP contribution >= 0.6 is 0 Å². The van der Waals surface area contributed by atoms with Gasteiger partial charge in [0.1, 0.15) is 18.0 Å². The highest BCUT2D eigenvalue weighted by Gasteiger charge is 2.31. The Morgan fingerprint density at radius 1 is 1.11 bits per heavy atom. The van der Waals surface area contributed by atoms with Gasteiger partial charge in [0.05, 0.1) is 22.6 Å². The van der Waals surface area contributed by atoms with Gasteiger partial charge >= 0.3 is 6.18 Å². The minimum atomic E-state index is -4.43. The van der Waals surface area contributed by atoms with Crippen molar-refractivity contribution in [3.05, 3.63) is 78.0 Å². The Hall–Kier alpha value is -4.02. The van der Waals surface area contributed by atoms with Crippen LogP contribution in [0.4, 0.5) is 23.4 Å². The molecule has 186 valence electrons. The number of hydrogen-bond acceptors (Lipinski definition) is 5. The first-order chi connectivity index (χ1) is 17.3. The number of alkyl halides is 3. The summed E-state index contributed by atoms with van der Waals surface area (Å²) in [5.74, 6) is -0.267. The van der Waals surface area contributed by atoms with E-state index in [1.807, 2.05) is 4.90 Å². The first kappa shape index (κ1) is 23.7. The molecule has 0 bridgehead atoms. The lowest BCUT2D eigenvalue weighted by molar-refractivity contribution is -0.137. The first-order valence-corrected chi connectivity index (χ1v) is 11.4. The molecule has 1 aliphatic heterocycles. The fraction of sp³-hybridized carbons (Fsp3) is 0.280. The Labute approximate surface area is 203 Å². The van der Waals surface area contributed by atoms with Crippen LogP contribution in [0.5, 0.6) is 0 Å². The maximum atomic E-state index is 13.3. The van der Waals surface area contributed by atoms with Gasteiger partial charge in [-0.05, 0) is 54.8 Å². The third-order valence-electron chi connectivity index (χ3n) is 6.20. The Bertz CT molecular complexity index is 1390. The van der Waals surface area contributed by atoms with E-state index >= 15 is 0 Å². The van der Waals surface area contributed by atoms with Crippen LogP contribution in [0.3, 0.4) is 0 Å². The summed E-state index contributed by atoms with van der Waals surface area (Å²) in [4.78, 5) is 23.5. The van der Waals surface area contributed by atoms with Crippen molar-refractivity contribution >= 4 is 22.8 Å². The number of amides is 1. The van der Waals surface area contributed by atoms with Crippen LogP contribution in [-0.4, -0.2) is 38.7 Å². The number of hydrogen-bond donors (Lipinski definition) is 1. The average molecular weight is 498 g/mol. The number of nitrogens with one attached hydrogen (secondary N) is 1. The second-order valence-electron chi connectivity index (χ2n) is 8.69. The molecule has 0 aliphatic carbocycles. The molecular formula is C25H22F4N6O. The van der Waals surface area contributed by atoms with Crippen LogP contribution in [0.25, 0.3) is 16.7 Å². The van der Waals surface area contributed by atoms with E-state index in [9.17, 15) is 22.4 Å². The largest absolute Gasteiger partial charge is 0.416 e. The summed E-state index contributed by atoms with van der Waals surface area (Å²) < 4.78 is 53.8. The summed E-state index contributed by atoms with van der Waals surface area (Å²) >= 11 is 0. The van der Waals surface area contributed by atoms with E-state index in [0.29, 0.717) is 47.6 Å². The van der Waals surface area contributed by atoms with Gasteiger partial charge in [0.2, 0.25) is 5.91 Å². The van der Waals surface area contributed by atoms with Gasteiger partial charge in [-0.2, -0.15) is 13.2 Å². The summed E-state index contributed by atoms with van der Waals surface area (Å²) in [5, 5.41) is 7.94. The summed E-state index contributed by atoms with van der Waals surface area (Å²) in [5.41, 5.74) is 0.787. The molecule has 11 heteroatoms. The molecule has 0 saturated carbocycles. The Balaban J connectivity index is 1.30. The van der Waals surface area contributed by atoms with Crippen LogP contribution in [0, 0.1) is 11.7 Å². The van der Waals surface area contributed by atoms with Crippen LogP contribution < -0.4 is 10.2 Å². The fourth-order valence-electron chi connectivity index (χ4n) is 4.38. The molecule has 0 spiro atoms. The van der Waals surface area contributed by atoms with E-state index in [1.54, 1.807) is 29.1 Å². The lowest BCUT2D eigenvalue weighted by Crippen LogP contribution is -2.43. The minimum absolute atomic E-state index is 0.0153. The number of nitrogens with zero attached hydrogens (tertiary/aromatic N) is 5. The predicted molar refractivity (Wildman–Crippen MR) is 125 cm³/mol. The van der Waals surface area contributed by atoms with Gasteiger partial charge in [-0.25, -0.2) is 19.0 Å². The van der Waals surface area contributed by atoms with E-state index in [1.165, 1.54) is 24.5 Å². The zero-order valence-corrected chi connectivity index (χ0v) is 19.0. The molecule has 0 unspecified atom stereocenters. The van der Waals surface area contributed by atoms with Crippen molar-refractivity contribution in [1.82, 2.24) is 25.1 Å². The van der Waals surface area contributed by atoms with Crippen LogP contribution in [0.1, 0.15) is 24.0 Å². The Morgan fingerprint density at radius 3 is 2.69 bits per heavy atom. The van der Waals surface area contributed by atoms with Crippen molar-refractivity contribution in [2.75, 3.05) is 18.0 Å². The zero-order chi connectivity index (χ0) is 25.3. The van der Waals surface area contributed by atoms with Gasteiger partial charge in [0.25, 0.3) is 0 Å². The number of piperidine rings is 1. The maximum absolute atomic E-state index is 13.3. The zero-order valence-electron chi connectivity index (χ0n) is 19.0. The third kappa shape index (κ3) is 5.00. The summed E-state index contributed by atoms with van der Waals surface area (Å²) in [6.45, 7) is 1.11. The molecule has 1 atom stereocenters. The molecule has 4 aromatic rings. The number of fused-ring (bicyclic) bond motifs is 1. The lowest BCUT2D eigenvalue weighted by atomic mass is 9.97. The highest BCUT2D eigenvalue weighted by atomic mass is 19.4. The second-order valence-corrected chi connectivity index (χ2v) is 8.69. The molecule has 2 aromatic heterocycles. The van der Waals surface area contributed by atoms with Crippen molar-refractivity contribution in [2.24, 2.45) is 5.92 Å². The molecule has 1 amide bonds. The second kappa shape index (κ2) is 9.56. The topological polar surface area (TPSA) is 75.9 Å². The smallest absolute Gasteiger partial charge is 0.355 e. The molecule has 1 saturated heterocycles. The number of benzene rings is 2. The van der Waals surface area contributed by atoms with E-state index in [0.717, 1.165) is 18.6 Å². The number of carbonyl (C=O) groups is 1. The minimum Gasteiger partial charge on any atom is -0.355 e. The van der Waals surface area contributed by atoms with Gasteiger partial charge in [-0.15, -0.1) is 5.10 Å². The first-order valence-electron chi connectivity index (χ1n) is 11.4. The van der Waals surface area contributed by atoms with Crippen molar-refractivity contribution in [1.29, 1.82) is 0 Å². The van der Waals surface area contributed by atoms with Crippen molar-refractivity contribution < 1.29 is 22.4 Å². The van der Waals surface area contributed by atoms with Crippen LogP contribution in [0.2, 0.25) is 0 Å². The SMILES string of the molecule is O=C(NCc1cccc(C(F)(F)F)c1)[C@@H]1CCCN(c2ncnc3nn(-c4ccc(F)cc4)cc23)C1. The summed E-state index contributed by atoms with van der Waals surface area (Å²) in [6, 6.07) is 10.9. The average Bonchev–Trinajstić information content (AvgIpc) is 3.32. The Morgan fingerprint density at radius 2 is 1.92 bits per heavy atom. The highest BCUT2D eigenvalue weighted by Crippen LogP contribution is 2.30. The predicted octanol–water partition coefficient (Wildman–Crippen LogP) is 4.51. The number of halogens is 4. The Kier molecular flexibility index (Phi) is 6.29. The van der Waals surface area contributed by atoms with E-state index in [4.69, 9.17) is 0 Å². The summed E-state index contributed by atoms with van der Waals surface area (Å²) in [7, 11) is 0. The molecular weight excluding hydrogens is 476 g/mol.